The van der Waals surface area contributed by atoms with Crippen molar-refractivity contribution in [1.29, 1.82) is 0 Å². The van der Waals surface area contributed by atoms with Gasteiger partial charge >= 0.3 is 0 Å². The van der Waals surface area contributed by atoms with Crippen molar-refractivity contribution >= 4 is 11.6 Å². The summed E-state index contributed by atoms with van der Waals surface area (Å²) in [4.78, 5) is 15.2. The SMILES string of the molecule is COc1ccc2c(c1)CC(C(=O)Nc1ccc(-c3cn[nH]c3)cc1OCCCN(C)C)CO2. The molecular weight excluding hydrogens is 420 g/mol. The van der Waals surface area contributed by atoms with Crippen molar-refractivity contribution in [1.82, 2.24) is 15.1 Å². The van der Waals surface area contributed by atoms with E-state index in [1.807, 2.05) is 56.7 Å². The van der Waals surface area contributed by atoms with Gasteiger partial charge in [0.15, 0.2) is 0 Å². The first-order chi connectivity index (χ1) is 16.0. The standard InChI is InChI=1S/C25H30N4O4/c1-29(2)9-4-10-32-24-13-17(20-14-26-27-15-20)5-7-22(24)28-25(30)19-11-18-12-21(31-3)6-8-23(18)33-16-19/h5-8,12-15,19H,4,9-11,16H2,1-3H3,(H,26,27)(H,28,30). The molecule has 1 unspecified atom stereocenters. The van der Waals surface area contributed by atoms with E-state index in [2.05, 4.69) is 20.4 Å². The number of fused-ring (bicyclic) bond motifs is 1. The molecule has 0 radical (unpaired) electrons. The molecule has 2 aromatic carbocycles. The number of nitrogens with one attached hydrogen (secondary N) is 2. The van der Waals surface area contributed by atoms with E-state index in [9.17, 15) is 4.79 Å². The molecule has 0 spiro atoms. The van der Waals surface area contributed by atoms with Crippen LogP contribution in [0.5, 0.6) is 17.2 Å². The van der Waals surface area contributed by atoms with Crippen LogP contribution in [-0.4, -0.2) is 62.0 Å². The lowest BCUT2D eigenvalue weighted by atomic mass is 9.95. The van der Waals surface area contributed by atoms with Gasteiger partial charge in [0.25, 0.3) is 0 Å². The Balaban J connectivity index is 1.49. The van der Waals surface area contributed by atoms with Gasteiger partial charge in [-0.15, -0.1) is 0 Å². The minimum Gasteiger partial charge on any atom is -0.497 e. The Hall–Kier alpha value is -3.52. The fourth-order valence-corrected chi connectivity index (χ4v) is 3.80. The average molecular weight is 451 g/mol. The fourth-order valence-electron chi connectivity index (χ4n) is 3.80. The van der Waals surface area contributed by atoms with E-state index >= 15 is 0 Å². The van der Waals surface area contributed by atoms with Gasteiger partial charge in [0, 0.05) is 18.3 Å². The number of aromatic amines is 1. The van der Waals surface area contributed by atoms with E-state index in [-0.39, 0.29) is 11.8 Å². The number of ether oxygens (including phenoxy) is 3. The first kappa shape index (κ1) is 22.7. The van der Waals surface area contributed by atoms with Crippen LogP contribution >= 0.6 is 0 Å². The lowest BCUT2D eigenvalue weighted by Crippen LogP contribution is -2.32. The summed E-state index contributed by atoms with van der Waals surface area (Å²) >= 11 is 0. The highest BCUT2D eigenvalue weighted by atomic mass is 16.5. The zero-order valence-corrected chi connectivity index (χ0v) is 19.3. The molecule has 4 rings (SSSR count). The summed E-state index contributed by atoms with van der Waals surface area (Å²) in [5, 5.41) is 9.90. The van der Waals surface area contributed by atoms with Crippen LogP contribution in [0.1, 0.15) is 12.0 Å². The molecule has 1 aromatic heterocycles. The van der Waals surface area contributed by atoms with Crippen molar-refractivity contribution in [2.75, 3.05) is 46.3 Å². The summed E-state index contributed by atoms with van der Waals surface area (Å²) in [7, 11) is 5.69. The minimum atomic E-state index is -0.306. The third-order valence-corrected chi connectivity index (χ3v) is 5.62. The summed E-state index contributed by atoms with van der Waals surface area (Å²) in [5.41, 5.74) is 3.54. The average Bonchev–Trinajstić information content (AvgIpc) is 3.36. The molecule has 1 atom stereocenters. The number of rotatable bonds is 9. The number of methoxy groups -OCH3 is 1. The molecule has 8 heteroatoms. The van der Waals surface area contributed by atoms with Crippen LogP contribution in [0.3, 0.4) is 0 Å². The van der Waals surface area contributed by atoms with E-state index in [1.54, 1.807) is 13.3 Å². The highest BCUT2D eigenvalue weighted by Crippen LogP contribution is 2.34. The van der Waals surface area contributed by atoms with Crippen LogP contribution in [0.4, 0.5) is 5.69 Å². The second-order valence-corrected chi connectivity index (χ2v) is 8.38. The molecule has 0 aliphatic carbocycles. The lowest BCUT2D eigenvalue weighted by molar-refractivity contribution is -0.121. The van der Waals surface area contributed by atoms with Gasteiger partial charge in [-0.1, -0.05) is 6.07 Å². The Labute approximate surface area is 193 Å². The zero-order valence-electron chi connectivity index (χ0n) is 19.3. The molecule has 3 aromatic rings. The summed E-state index contributed by atoms with van der Waals surface area (Å²) in [6.07, 6.45) is 5.05. The summed E-state index contributed by atoms with van der Waals surface area (Å²) < 4.78 is 17.2. The molecule has 1 aliphatic rings. The van der Waals surface area contributed by atoms with Crippen LogP contribution < -0.4 is 19.5 Å². The Morgan fingerprint density at radius 3 is 2.88 bits per heavy atom. The van der Waals surface area contributed by atoms with Crippen LogP contribution in [0.2, 0.25) is 0 Å². The maximum atomic E-state index is 13.1. The maximum Gasteiger partial charge on any atom is 0.231 e. The van der Waals surface area contributed by atoms with E-state index in [4.69, 9.17) is 14.2 Å². The second-order valence-electron chi connectivity index (χ2n) is 8.38. The molecule has 8 nitrogen and oxygen atoms in total. The van der Waals surface area contributed by atoms with Crippen LogP contribution in [-0.2, 0) is 11.2 Å². The molecule has 174 valence electrons. The smallest absolute Gasteiger partial charge is 0.231 e. The molecule has 33 heavy (non-hydrogen) atoms. The number of carbonyl (C=O) groups excluding carboxylic acids is 1. The molecule has 0 fully saturated rings. The Kier molecular flexibility index (Phi) is 7.14. The number of H-pyrrole nitrogens is 1. The highest BCUT2D eigenvalue weighted by Gasteiger charge is 2.27. The van der Waals surface area contributed by atoms with Crippen molar-refractivity contribution in [3.8, 4) is 28.4 Å². The van der Waals surface area contributed by atoms with Gasteiger partial charge in [0.05, 0.1) is 31.5 Å². The minimum absolute atomic E-state index is 0.0994. The number of nitrogens with zero attached hydrogens (tertiary/aromatic N) is 2. The first-order valence-corrected chi connectivity index (χ1v) is 11.0. The van der Waals surface area contributed by atoms with Crippen molar-refractivity contribution < 1.29 is 19.0 Å². The van der Waals surface area contributed by atoms with Crippen molar-refractivity contribution in [2.45, 2.75) is 12.8 Å². The molecule has 0 saturated carbocycles. The first-order valence-electron chi connectivity index (χ1n) is 11.0. The predicted octanol–water partition coefficient (Wildman–Crippen LogP) is 3.61. The number of anilines is 1. The van der Waals surface area contributed by atoms with Gasteiger partial charge in [-0.3, -0.25) is 9.89 Å². The number of hydrogen-bond donors (Lipinski definition) is 2. The van der Waals surface area contributed by atoms with E-state index < -0.39 is 0 Å². The molecule has 1 amide bonds. The zero-order chi connectivity index (χ0) is 23.2. The molecular formula is C25H30N4O4. The van der Waals surface area contributed by atoms with E-state index in [1.165, 1.54) is 0 Å². The quantitative estimate of drug-likeness (QED) is 0.484. The van der Waals surface area contributed by atoms with Gasteiger partial charge in [-0.2, -0.15) is 5.10 Å². The summed E-state index contributed by atoms with van der Waals surface area (Å²) in [5.74, 6) is 1.79. The molecule has 2 heterocycles. The topological polar surface area (TPSA) is 88.7 Å². The fraction of sp³-hybridized carbons (Fsp3) is 0.360. The number of aromatic nitrogens is 2. The highest BCUT2D eigenvalue weighted by molar-refractivity contribution is 5.95. The molecule has 0 saturated heterocycles. The van der Waals surface area contributed by atoms with Crippen LogP contribution in [0.25, 0.3) is 11.1 Å². The Bertz CT molecular complexity index is 1080. The van der Waals surface area contributed by atoms with Gasteiger partial charge in [-0.25, -0.2) is 0 Å². The maximum absolute atomic E-state index is 13.1. The predicted molar refractivity (Wildman–Crippen MR) is 127 cm³/mol. The molecule has 1 aliphatic heterocycles. The summed E-state index contributed by atoms with van der Waals surface area (Å²) in [6.45, 7) is 1.80. The third-order valence-electron chi connectivity index (χ3n) is 5.62. The molecule has 0 bridgehead atoms. The van der Waals surface area contributed by atoms with Crippen molar-refractivity contribution in [2.24, 2.45) is 5.92 Å². The van der Waals surface area contributed by atoms with Gasteiger partial charge in [0.1, 0.15) is 23.9 Å². The number of amides is 1. The van der Waals surface area contributed by atoms with Gasteiger partial charge in [0.2, 0.25) is 5.91 Å². The van der Waals surface area contributed by atoms with Crippen molar-refractivity contribution in [3.63, 3.8) is 0 Å². The summed E-state index contributed by atoms with van der Waals surface area (Å²) in [6, 6.07) is 11.4. The Morgan fingerprint density at radius 2 is 2.12 bits per heavy atom. The molecule has 2 N–H and O–H groups in total. The van der Waals surface area contributed by atoms with E-state index in [0.29, 0.717) is 31.1 Å². The van der Waals surface area contributed by atoms with Gasteiger partial charge < -0.3 is 24.4 Å². The van der Waals surface area contributed by atoms with Crippen LogP contribution in [0, 0.1) is 5.92 Å². The van der Waals surface area contributed by atoms with Gasteiger partial charge in [-0.05, 0) is 68.4 Å². The second kappa shape index (κ2) is 10.4. The van der Waals surface area contributed by atoms with Crippen LogP contribution in [0.15, 0.2) is 48.8 Å². The van der Waals surface area contributed by atoms with Crippen molar-refractivity contribution in [3.05, 3.63) is 54.4 Å². The third kappa shape index (κ3) is 5.64. The lowest BCUT2D eigenvalue weighted by Gasteiger charge is -2.25. The normalized spacial score (nSPS) is 15.0. The number of benzene rings is 2. The monoisotopic (exact) mass is 450 g/mol. The Morgan fingerprint density at radius 1 is 1.24 bits per heavy atom. The van der Waals surface area contributed by atoms with E-state index in [0.717, 1.165) is 41.2 Å². The number of hydrogen-bond acceptors (Lipinski definition) is 6. The largest absolute Gasteiger partial charge is 0.497 e. The number of carbonyl (C=O) groups is 1.